The lowest BCUT2D eigenvalue weighted by Crippen LogP contribution is -2.56. The number of anilines is 2. The zero-order chi connectivity index (χ0) is 27.9. The summed E-state index contributed by atoms with van der Waals surface area (Å²) in [5, 5.41) is 13.7. The van der Waals surface area contributed by atoms with E-state index >= 15 is 0 Å². The minimum Gasteiger partial charge on any atom is -0.323 e. The molecule has 2 aromatic carbocycles. The van der Waals surface area contributed by atoms with Gasteiger partial charge >= 0.3 is 0 Å². The van der Waals surface area contributed by atoms with Gasteiger partial charge in [0.2, 0.25) is 5.91 Å². The van der Waals surface area contributed by atoms with Crippen LogP contribution in [-0.4, -0.2) is 65.5 Å². The summed E-state index contributed by atoms with van der Waals surface area (Å²) in [6, 6.07) is 5.82. The molecular weight excluding hydrogens is 588 g/mol. The summed E-state index contributed by atoms with van der Waals surface area (Å²) in [7, 11) is 2.42. The quantitative estimate of drug-likeness (QED) is 0.382. The monoisotopic (exact) mass is 606 g/mol. The van der Waals surface area contributed by atoms with Crippen molar-refractivity contribution in [1.29, 1.82) is 0 Å². The first-order valence-electron chi connectivity index (χ1n) is 11.3. The number of alkyl halides is 2. The number of carbonyl (C=O) groups excluding carboxylic acids is 3. The Balaban J connectivity index is 1.75. The number of fused-ring (bicyclic) bond motifs is 4. The van der Waals surface area contributed by atoms with E-state index in [0.29, 0.717) is 0 Å². The Morgan fingerprint density at radius 2 is 1.63 bits per heavy atom. The van der Waals surface area contributed by atoms with Crippen LogP contribution < -0.4 is 10.2 Å². The highest BCUT2D eigenvalue weighted by molar-refractivity contribution is 6.38. The highest BCUT2D eigenvalue weighted by Gasteiger charge is 2.74. The number of rotatable bonds is 3. The Hall–Kier alpha value is -2.21. The van der Waals surface area contributed by atoms with Crippen LogP contribution in [0.25, 0.3) is 0 Å². The van der Waals surface area contributed by atoms with E-state index in [1.54, 1.807) is 0 Å². The predicted molar refractivity (Wildman–Crippen MR) is 138 cm³/mol. The molecule has 5 rings (SSSR count). The normalized spacial score (nSPS) is 27.3. The molecule has 4 unspecified atom stereocenters. The van der Waals surface area contributed by atoms with Crippen LogP contribution in [0.1, 0.15) is 12.0 Å². The molecule has 202 valence electrons. The minimum absolute atomic E-state index is 0.0317. The van der Waals surface area contributed by atoms with Gasteiger partial charge in [0.05, 0.1) is 29.1 Å². The zero-order valence-electron chi connectivity index (χ0n) is 19.8. The summed E-state index contributed by atoms with van der Waals surface area (Å²) in [5.41, 5.74) is -1.69. The fraction of sp³-hybridized carbons (Fsp3) is 0.375. The molecule has 0 saturated carbocycles. The van der Waals surface area contributed by atoms with Gasteiger partial charge in [0.1, 0.15) is 5.54 Å². The largest absolute Gasteiger partial charge is 0.323 e. The molecular formula is C24H20Cl4F2N4O4. The van der Waals surface area contributed by atoms with E-state index in [1.165, 1.54) is 42.3 Å². The van der Waals surface area contributed by atoms with Gasteiger partial charge in [-0.1, -0.05) is 46.4 Å². The van der Waals surface area contributed by atoms with Gasteiger partial charge in [-0.3, -0.25) is 24.5 Å². The topological polar surface area (TPSA) is 93.2 Å². The van der Waals surface area contributed by atoms with Crippen molar-refractivity contribution < 1.29 is 28.4 Å². The van der Waals surface area contributed by atoms with Gasteiger partial charge in [-0.15, -0.1) is 0 Å². The van der Waals surface area contributed by atoms with Crippen LogP contribution in [0.5, 0.6) is 0 Å². The molecule has 2 N–H and O–H groups in total. The van der Waals surface area contributed by atoms with E-state index in [9.17, 15) is 28.4 Å². The summed E-state index contributed by atoms with van der Waals surface area (Å²) in [6.07, 6.45) is -0.800. The van der Waals surface area contributed by atoms with Gasteiger partial charge in [-0.05, 0) is 30.3 Å². The van der Waals surface area contributed by atoms with E-state index < -0.39 is 60.0 Å². The molecule has 0 aromatic heterocycles. The van der Waals surface area contributed by atoms with Crippen molar-refractivity contribution in [3.8, 4) is 0 Å². The standard InChI is InChI=1S/C24H20Cl4F2N4O4/c1-32(13-4-10(25)3-11(26)5-13)20(35)17-16-8-23(29,30)9-34(16)24(18(17)21(36)33(2)38)14-6-12(27)7-15(28)19(14)31-22(24)37/h3-7,16-18,38H,8-9H2,1-2H3,(H,31,37). The Bertz CT molecular complexity index is 1370. The summed E-state index contributed by atoms with van der Waals surface area (Å²) in [5.74, 6) is -8.97. The van der Waals surface area contributed by atoms with Gasteiger partial charge in [-0.2, -0.15) is 0 Å². The number of hydroxylamine groups is 2. The van der Waals surface area contributed by atoms with E-state index in [2.05, 4.69) is 5.32 Å². The van der Waals surface area contributed by atoms with E-state index in [-0.39, 0.29) is 42.1 Å². The lowest BCUT2D eigenvalue weighted by molar-refractivity contribution is -0.171. The van der Waals surface area contributed by atoms with Crippen molar-refractivity contribution in [1.82, 2.24) is 9.96 Å². The molecule has 0 bridgehead atoms. The third-order valence-electron chi connectivity index (χ3n) is 7.47. The fourth-order valence-electron chi connectivity index (χ4n) is 6.07. The van der Waals surface area contributed by atoms with E-state index in [1.807, 2.05) is 0 Å². The van der Waals surface area contributed by atoms with Crippen LogP contribution in [0.4, 0.5) is 20.2 Å². The first-order chi connectivity index (χ1) is 17.7. The number of hydrogen-bond acceptors (Lipinski definition) is 5. The van der Waals surface area contributed by atoms with Crippen LogP contribution in [-0.2, 0) is 19.9 Å². The molecule has 0 radical (unpaired) electrons. The molecule has 14 heteroatoms. The molecule has 3 aliphatic heterocycles. The second-order valence-electron chi connectivity index (χ2n) is 9.68. The third-order valence-corrected chi connectivity index (χ3v) is 8.42. The Morgan fingerprint density at radius 3 is 2.24 bits per heavy atom. The van der Waals surface area contributed by atoms with Crippen molar-refractivity contribution in [3.63, 3.8) is 0 Å². The second-order valence-corrected chi connectivity index (χ2v) is 11.4. The van der Waals surface area contributed by atoms with Gasteiger partial charge in [-0.25, -0.2) is 13.8 Å². The SMILES string of the molecule is CN(O)C(=O)C1C(C(=O)N(C)c2cc(Cl)cc(Cl)c2)C2CC(F)(F)CN2C12C(=O)Nc1c(Cl)cc(Cl)cc12. The Labute approximate surface area is 235 Å². The summed E-state index contributed by atoms with van der Waals surface area (Å²) in [6.45, 7) is -0.913. The molecule has 3 amide bonds. The van der Waals surface area contributed by atoms with Crippen LogP contribution in [0.3, 0.4) is 0 Å². The highest BCUT2D eigenvalue weighted by Crippen LogP contribution is 2.61. The van der Waals surface area contributed by atoms with Crippen molar-refractivity contribution in [2.75, 3.05) is 30.9 Å². The minimum atomic E-state index is -3.28. The van der Waals surface area contributed by atoms with Crippen molar-refractivity contribution >= 4 is 75.5 Å². The number of benzene rings is 2. The van der Waals surface area contributed by atoms with E-state index in [0.717, 1.165) is 11.9 Å². The lowest BCUT2D eigenvalue weighted by Gasteiger charge is -2.37. The first-order valence-corrected chi connectivity index (χ1v) is 12.9. The molecule has 2 fully saturated rings. The smallest absolute Gasteiger partial charge is 0.262 e. The predicted octanol–water partition coefficient (Wildman–Crippen LogP) is 4.91. The maximum Gasteiger partial charge on any atom is 0.262 e. The number of carbonyl (C=O) groups is 3. The van der Waals surface area contributed by atoms with Crippen molar-refractivity contribution in [3.05, 3.63) is 56.0 Å². The molecule has 2 aromatic rings. The van der Waals surface area contributed by atoms with Gasteiger partial charge in [0.25, 0.3) is 17.7 Å². The fourth-order valence-corrected chi connectivity index (χ4v) is 7.12. The summed E-state index contributed by atoms with van der Waals surface area (Å²) in [4.78, 5) is 43.8. The molecule has 0 aliphatic carbocycles. The first kappa shape index (κ1) is 27.4. The average molecular weight is 608 g/mol. The number of halogens is 6. The third kappa shape index (κ3) is 3.96. The zero-order valence-corrected chi connectivity index (χ0v) is 22.8. The Kier molecular flexibility index (Phi) is 6.61. The lowest BCUT2D eigenvalue weighted by atomic mass is 9.72. The number of hydrogen-bond donors (Lipinski definition) is 2. The summed E-state index contributed by atoms with van der Waals surface area (Å²) < 4.78 is 30.0. The van der Waals surface area contributed by atoms with Crippen LogP contribution in [0, 0.1) is 11.8 Å². The van der Waals surface area contributed by atoms with Crippen LogP contribution >= 0.6 is 46.4 Å². The molecule has 3 heterocycles. The van der Waals surface area contributed by atoms with Gasteiger partial charge in [0, 0.05) is 52.9 Å². The van der Waals surface area contributed by atoms with Gasteiger partial charge < -0.3 is 10.2 Å². The van der Waals surface area contributed by atoms with Crippen molar-refractivity contribution in [2.45, 2.75) is 23.9 Å². The molecule has 1 spiro atoms. The average Bonchev–Trinajstić information content (AvgIpc) is 3.37. The second kappa shape index (κ2) is 9.18. The van der Waals surface area contributed by atoms with Crippen molar-refractivity contribution in [2.24, 2.45) is 11.8 Å². The van der Waals surface area contributed by atoms with Gasteiger partial charge in [0.15, 0.2) is 0 Å². The number of nitrogens with one attached hydrogen (secondary N) is 1. The number of amides is 3. The Morgan fingerprint density at radius 1 is 1.03 bits per heavy atom. The maximum absolute atomic E-state index is 15.0. The maximum atomic E-state index is 15.0. The molecule has 3 aliphatic rings. The number of nitrogens with zero attached hydrogens (tertiary/aromatic N) is 3. The summed E-state index contributed by atoms with van der Waals surface area (Å²) >= 11 is 24.8. The highest BCUT2D eigenvalue weighted by atomic mass is 35.5. The molecule has 2 saturated heterocycles. The molecule has 4 atom stereocenters. The van der Waals surface area contributed by atoms with Crippen LogP contribution in [0.2, 0.25) is 20.1 Å². The molecule has 8 nitrogen and oxygen atoms in total. The van der Waals surface area contributed by atoms with Crippen LogP contribution in [0.15, 0.2) is 30.3 Å². The van der Waals surface area contributed by atoms with E-state index in [4.69, 9.17) is 46.4 Å². The molecule has 38 heavy (non-hydrogen) atoms.